The minimum atomic E-state index is -3.40. The van der Waals surface area contributed by atoms with Crippen LogP contribution in [0.3, 0.4) is 0 Å². The van der Waals surface area contributed by atoms with Crippen LogP contribution in [-0.2, 0) is 14.8 Å². The fourth-order valence-corrected chi connectivity index (χ4v) is 5.39. The van der Waals surface area contributed by atoms with E-state index in [-0.39, 0.29) is 13.1 Å². The number of piperidine rings is 1. The van der Waals surface area contributed by atoms with Crippen molar-refractivity contribution in [1.82, 2.24) is 14.2 Å². The Morgan fingerprint density at radius 1 is 1.18 bits per heavy atom. The Morgan fingerprint density at radius 2 is 1.82 bits per heavy atom. The van der Waals surface area contributed by atoms with Gasteiger partial charge in [0, 0.05) is 38.4 Å². The normalized spacial score (nSPS) is 19.9. The van der Waals surface area contributed by atoms with Gasteiger partial charge in [-0.3, -0.25) is 0 Å². The van der Waals surface area contributed by atoms with E-state index in [1.165, 1.54) is 4.90 Å². The van der Waals surface area contributed by atoms with Crippen LogP contribution in [0.1, 0.15) is 45.1 Å². The third-order valence-corrected chi connectivity index (χ3v) is 7.40. The monoisotopic (exact) mass is 411 g/mol. The molecule has 28 heavy (non-hydrogen) atoms. The highest BCUT2D eigenvalue weighted by Crippen LogP contribution is 2.31. The lowest BCUT2D eigenvalue weighted by molar-refractivity contribution is 0.0135. The molecule has 0 bridgehead atoms. The second-order valence-corrected chi connectivity index (χ2v) is 10.6. The molecule has 2 fully saturated rings. The third-order valence-electron chi connectivity index (χ3n) is 5.17. The number of amides is 1. The van der Waals surface area contributed by atoms with Gasteiger partial charge in [0.15, 0.2) is 0 Å². The molecule has 0 atom stereocenters. The largest absolute Gasteiger partial charge is 0.481 e. The van der Waals surface area contributed by atoms with Crippen molar-refractivity contribution in [2.75, 3.05) is 33.3 Å². The summed E-state index contributed by atoms with van der Waals surface area (Å²) in [5.41, 5.74) is 0.525. The average molecular weight is 412 g/mol. The summed E-state index contributed by atoms with van der Waals surface area (Å²) < 4.78 is 37.7. The van der Waals surface area contributed by atoms with E-state index < -0.39 is 27.0 Å². The van der Waals surface area contributed by atoms with E-state index in [1.54, 1.807) is 38.4 Å². The zero-order valence-corrected chi connectivity index (χ0v) is 17.7. The molecule has 1 aromatic rings. The number of pyridine rings is 1. The Labute approximate surface area is 166 Å². The van der Waals surface area contributed by atoms with E-state index in [0.717, 1.165) is 18.4 Å². The molecule has 0 aliphatic carbocycles. The molecule has 9 heteroatoms. The summed E-state index contributed by atoms with van der Waals surface area (Å²) in [5.74, 6) is 0.868. The Balaban J connectivity index is 1.52. The molecule has 0 aromatic carbocycles. The van der Waals surface area contributed by atoms with Crippen LogP contribution in [0.15, 0.2) is 18.3 Å². The Bertz CT molecular complexity index is 790. The molecule has 3 rings (SSSR count). The molecule has 8 nitrogen and oxygen atoms in total. The fourth-order valence-electron chi connectivity index (χ4n) is 3.51. The highest BCUT2D eigenvalue weighted by Gasteiger charge is 2.44. The van der Waals surface area contributed by atoms with Crippen LogP contribution >= 0.6 is 0 Å². The van der Waals surface area contributed by atoms with E-state index in [2.05, 4.69) is 4.98 Å². The van der Waals surface area contributed by atoms with E-state index in [4.69, 9.17) is 9.47 Å². The number of rotatable bonds is 4. The van der Waals surface area contributed by atoms with E-state index in [1.807, 2.05) is 12.1 Å². The second-order valence-electron chi connectivity index (χ2n) is 8.36. The zero-order valence-electron chi connectivity index (χ0n) is 16.9. The standard InChI is InChI=1S/C19H29N3O5S/c1-19(2,3)27-18(23)21-12-16(13-21)28(24,25)22-9-7-14(8-10-22)15-5-6-17(26-4)20-11-15/h5-6,11,14,16H,7-10,12-13H2,1-4H3. The fraction of sp³-hybridized carbons (Fsp3) is 0.684. The molecule has 0 N–H and O–H groups in total. The molecule has 0 saturated carbocycles. The first-order valence-corrected chi connectivity index (χ1v) is 11.1. The van der Waals surface area contributed by atoms with Crippen molar-refractivity contribution in [3.63, 3.8) is 0 Å². The van der Waals surface area contributed by atoms with Crippen LogP contribution in [0.4, 0.5) is 4.79 Å². The predicted molar refractivity (Wildman–Crippen MR) is 105 cm³/mol. The summed E-state index contributed by atoms with van der Waals surface area (Å²) in [6.07, 6.45) is 2.87. The summed E-state index contributed by atoms with van der Waals surface area (Å²) >= 11 is 0. The third kappa shape index (κ3) is 4.57. The van der Waals surface area contributed by atoms with Crippen LogP contribution in [0.5, 0.6) is 5.88 Å². The number of sulfonamides is 1. The van der Waals surface area contributed by atoms with Crippen molar-refractivity contribution in [3.8, 4) is 5.88 Å². The first-order chi connectivity index (χ1) is 13.1. The number of ether oxygens (including phenoxy) is 2. The summed E-state index contributed by atoms with van der Waals surface area (Å²) in [6.45, 7) is 6.74. The molecule has 156 valence electrons. The quantitative estimate of drug-likeness (QED) is 0.755. The maximum absolute atomic E-state index is 12.9. The summed E-state index contributed by atoms with van der Waals surface area (Å²) in [4.78, 5) is 17.7. The Kier molecular flexibility index (Phi) is 5.86. The van der Waals surface area contributed by atoms with Crippen molar-refractivity contribution < 1.29 is 22.7 Å². The number of carbonyl (C=O) groups excluding carboxylic acids is 1. The lowest BCUT2D eigenvalue weighted by Crippen LogP contribution is -2.61. The van der Waals surface area contributed by atoms with Crippen molar-refractivity contribution >= 4 is 16.1 Å². The van der Waals surface area contributed by atoms with Gasteiger partial charge >= 0.3 is 6.09 Å². The first-order valence-electron chi connectivity index (χ1n) is 9.57. The topological polar surface area (TPSA) is 89.0 Å². The number of hydrogen-bond donors (Lipinski definition) is 0. The molecule has 2 aliphatic rings. The van der Waals surface area contributed by atoms with Gasteiger partial charge in [0.05, 0.1) is 7.11 Å². The molecule has 2 saturated heterocycles. The summed E-state index contributed by atoms with van der Waals surface area (Å²) in [5, 5.41) is -0.542. The van der Waals surface area contributed by atoms with Crippen molar-refractivity contribution in [1.29, 1.82) is 0 Å². The van der Waals surface area contributed by atoms with Crippen molar-refractivity contribution in [2.45, 2.75) is 50.4 Å². The SMILES string of the molecule is COc1ccc(C2CCN(S(=O)(=O)C3CN(C(=O)OC(C)(C)C)C3)CC2)cn1. The number of methoxy groups -OCH3 is 1. The predicted octanol–water partition coefficient (Wildman–Crippen LogP) is 2.22. The van der Waals surface area contributed by atoms with E-state index in [0.29, 0.717) is 24.9 Å². The molecule has 3 heterocycles. The smallest absolute Gasteiger partial charge is 0.410 e. The summed E-state index contributed by atoms with van der Waals surface area (Å²) in [6, 6.07) is 3.82. The minimum absolute atomic E-state index is 0.194. The van der Waals surface area contributed by atoms with Gasteiger partial charge in [-0.25, -0.2) is 22.5 Å². The number of aromatic nitrogens is 1. The summed E-state index contributed by atoms with van der Waals surface area (Å²) in [7, 11) is -1.82. The van der Waals surface area contributed by atoms with Gasteiger partial charge in [-0.1, -0.05) is 6.07 Å². The maximum atomic E-state index is 12.9. The van der Waals surface area contributed by atoms with Gasteiger partial charge < -0.3 is 14.4 Å². The zero-order chi connectivity index (χ0) is 20.5. The molecule has 2 aliphatic heterocycles. The molecular weight excluding hydrogens is 382 g/mol. The minimum Gasteiger partial charge on any atom is -0.481 e. The second kappa shape index (κ2) is 7.87. The van der Waals surface area contributed by atoms with Crippen LogP contribution in [0, 0.1) is 0 Å². The van der Waals surface area contributed by atoms with Gasteiger partial charge in [0.25, 0.3) is 0 Å². The van der Waals surface area contributed by atoms with E-state index in [9.17, 15) is 13.2 Å². The Morgan fingerprint density at radius 3 is 2.32 bits per heavy atom. The van der Waals surface area contributed by atoms with Gasteiger partial charge in [-0.05, 0) is 45.1 Å². The van der Waals surface area contributed by atoms with Crippen molar-refractivity contribution in [2.24, 2.45) is 0 Å². The molecule has 0 spiro atoms. The number of hydrogen-bond acceptors (Lipinski definition) is 6. The molecular formula is C19H29N3O5S. The van der Waals surface area contributed by atoms with Gasteiger partial charge in [0.1, 0.15) is 10.9 Å². The highest BCUT2D eigenvalue weighted by atomic mass is 32.2. The number of carbonyl (C=O) groups is 1. The van der Waals surface area contributed by atoms with Crippen LogP contribution in [-0.4, -0.2) is 72.8 Å². The lowest BCUT2D eigenvalue weighted by atomic mass is 9.91. The van der Waals surface area contributed by atoms with Gasteiger partial charge in [-0.2, -0.15) is 0 Å². The maximum Gasteiger partial charge on any atom is 0.410 e. The molecule has 1 aromatic heterocycles. The average Bonchev–Trinajstić information content (AvgIpc) is 2.59. The van der Waals surface area contributed by atoms with Gasteiger partial charge in [0.2, 0.25) is 15.9 Å². The molecule has 0 radical (unpaired) electrons. The lowest BCUT2D eigenvalue weighted by Gasteiger charge is -2.42. The van der Waals surface area contributed by atoms with E-state index >= 15 is 0 Å². The van der Waals surface area contributed by atoms with Crippen LogP contribution in [0.25, 0.3) is 0 Å². The Hall–Kier alpha value is -1.87. The number of nitrogens with zero attached hydrogens (tertiary/aromatic N) is 3. The molecule has 0 unspecified atom stereocenters. The van der Waals surface area contributed by atoms with Crippen LogP contribution < -0.4 is 4.74 Å². The van der Waals surface area contributed by atoms with Gasteiger partial charge in [-0.15, -0.1) is 0 Å². The first kappa shape index (κ1) is 20.9. The van der Waals surface area contributed by atoms with Crippen molar-refractivity contribution in [3.05, 3.63) is 23.9 Å². The van der Waals surface area contributed by atoms with Crippen LogP contribution in [0.2, 0.25) is 0 Å². The molecule has 1 amide bonds. The number of likely N-dealkylation sites (tertiary alicyclic amines) is 1. The highest BCUT2D eigenvalue weighted by molar-refractivity contribution is 7.89.